The summed E-state index contributed by atoms with van der Waals surface area (Å²) in [6.07, 6.45) is 5.73. The van der Waals surface area contributed by atoms with Crippen molar-refractivity contribution in [3.05, 3.63) is 105 Å². The summed E-state index contributed by atoms with van der Waals surface area (Å²) in [5.74, 6) is -1.45. The molecule has 3 aromatic carbocycles. The van der Waals surface area contributed by atoms with E-state index in [0.29, 0.717) is 35.2 Å². The molecule has 0 aliphatic carbocycles. The molecule has 1 unspecified atom stereocenters. The highest BCUT2D eigenvalue weighted by molar-refractivity contribution is 9.10. The molecular weight excluding hydrogens is 780 g/mol. The summed E-state index contributed by atoms with van der Waals surface area (Å²) in [6, 6.07) is 18.4. The van der Waals surface area contributed by atoms with Crippen molar-refractivity contribution in [1.29, 1.82) is 0 Å². The summed E-state index contributed by atoms with van der Waals surface area (Å²) >= 11 is 10.6. The maximum absolute atomic E-state index is 11.5. The van der Waals surface area contributed by atoms with Gasteiger partial charge in [0.25, 0.3) is 0 Å². The van der Waals surface area contributed by atoms with E-state index in [0.717, 1.165) is 59.2 Å². The minimum absolute atomic E-state index is 0.0879. The van der Waals surface area contributed by atoms with E-state index in [9.17, 15) is 30.0 Å². The molecule has 0 amide bonds. The van der Waals surface area contributed by atoms with Gasteiger partial charge in [0.2, 0.25) is 0 Å². The van der Waals surface area contributed by atoms with Crippen LogP contribution in [-0.2, 0) is 35.8 Å². The first kappa shape index (κ1) is 39.5. The van der Waals surface area contributed by atoms with Gasteiger partial charge in [-0.05, 0) is 83.0 Å². The average molecular weight is 824 g/mol. The van der Waals surface area contributed by atoms with Crippen LogP contribution >= 0.6 is 27.5 Å². The van der Waals surface area contributed by atoms with Crippen molar-refractivity contribution in [2.24, 2.45) is 0 Å². The van der Waals surface area contributed by atoms with Crippen molar-refractivity contribution in [1.82, 2.24) is 15.2 Å². The highest BCUT2D eigenvalue weighted by Crippen LogP contribution is 2.41. The van der Waals surface area contributed by atoms with Crippen molar-refractivity contribution >= 4 is 45.2 Å². The minimum atomic E-state index is -1.60. The number of aromatic nitrogens is 1. The predicted octanol–water partition coefficient (Wildman–Crippen LogP) is 5.52. The Morgan fingerprint density at radius 3 is 2.43 bits per heavy atom. The van der Waals surface area contributed by atoms with Crippen molar-refractivity contribution in [3.63, 3.8) is 0 Å². The van der Waals surface area contributed by atoms with Crippen LogP contribution in [0.15, 0.2) is 77.5 Å². The SMILES string of the molecule is O=C(O)C(CO)NCc1cc(Cl)c(OCc2cccc(-c3cccc4c3CCN4CCCN3CCC(O)(C(=O)O)CC3)c2Br)cc1OCc1cccnc1. The number of aliphatic hydroxyl groups excluding tert-OH is 1. The lowest BCUT2D eigenvalue weighted by atomic mass is 9.91. The molecule has 0 radical (unpaired) electrons. The predicted molar refractivity (Wildman–Crippen MR) is 208 cm³/mol. The van der Waals surface area contributed by atoms with E-state index in [-0.39, 0.29) is 32.6 Å². The van der Waals surface area contributed by atoms with Gasteiger partial charge >= 0.3 is 11.9 Å². The number of carboxylic acids is 2. The summed E-state index contributed by atoms with van der Waals surface area (Å²) in [7, 11) is 0. The molecule has 0 spiro atoms. The van der Waals surface area contributed by atoms with Gasteiger partial charge in [-0.3, -0.25) is 15.1 Å². The molecule has 1 aromatic heterocycles. The number of piperidine rings is 1. The van der Waals surface area contributed by atoms with Crippen LogP contribution in [0.25, 0.3) is 11.1 Å². The molecule has 1 fully saturated rings. The molecule has 54 heavy (non-hydrogen) atoms. The second kappa shape index (κ2) is 17.9. The number of nitrogens with one attached hydrogen (secondary N) is 1. The number of fused-ring (bicyclic) bond motifs is 1. The number of pyridine rings is 1. The number of hydrogen-bond donors (Lipinski definition) is 5. The number of benzene rings is 3. The lowest BCUT2D eigenvalue weighted by molar-refractivity contribution is -0.163. The van der Waals surface area contributed by atoms with Gasteiger partial charge in [0.15, 0.2) is 5.60 Å². The van der Waals surface area contributed by atoms with E-state index in [1.165, 1.54) is 11.3 Å². The quantitative estimate of drug-likeness (QED) is 0.0908. The van der Waals surface area contributed by atoms with Crippen molar-refractivity contribution in [2.45, 2.75) is 57.1 Å². The molecule has 14 heteroatoms. The van der Waals surface area contributed by atoms with Gasteiger partial charge in [-0.2, -0.15) is 0 Å². The molecule has 3 heterocycles. The Bertz CT molecular complexity index is 1940. The number of rotatable bonds is 17. The van der Waals surface area contributed by atoms with E-state index < -0.39 is 30.2 Å². The number of hydrogen-bond acceptors (Lipinski definition) is 10. The monoisotopic (exact) mass is 822 g/mol. The molecule has 12 nitrogen and oxygen atoms in total. The highest BCUT2D eigenvalue weighted by atomic mass is 79.9. The standard InChI is InChI=1S/C40H44BrClN4O8/c41-37-27(25-54-36-20-35(53-24-26-5-3-13-43-21-26)28(19-32(36)42)22-44-33(23-47)38(48)49)6-1-8-31(37)29-7-2-9-34-30(29)10-16-46(34)15-4-14-45-17-11-40(52,12-18-45)39(50)51/h1-3,5-9,13,19-21,33,44,47,52H,4,10-12,14-18,22-25H2,(H,48,49)(H,50,51). The lowest BCUT2D eigenvalue weighted by Gasteiger charge is -2.35. The fourth-order valence-corrected chi connectivity index (χ4v) is 7.79. The normalized spacial score (nSPS) is 15.8. The van der Waals surface area contributed by atoms with E-state index in [4.69, 9.17) is 21.1 Å². The molecule has 6 rings (SSSR count). The fourth-order valence-electron chi connectivity index (χ4n) is 6.95. The van der Waals surface area contributed by atoms with Gasteiger partial charge in [0.05, 0.1) is 11.6 Å². The second-order valence-corrected chi connectivity index (χ2v) is 14.8. The van der Waals surface area contributed by atoms with Gasteiger partial charge < -0.3 is 39.7 Å². The molecule has 2 aliphatic rings. The van der Waals surface area contributed by atoms with Crippen LogP contribution in [0.4, 0.5) is 5.69 Å². The smallest absolute Gasteiger partial charge is 0.335 e. The summed E-state index contributed by atoms with van der Waals surface area (Å²) in [4.78, 5) is 31.7. The Morgan fingerprint density at radius 2 is 1.70 bits per heavy atom. The third-order valence-corrected chi connectivity index (χ3v) is 11.3. The largest absolute Gasteiger partial charge is 0.488 e. The van der Waals surface area contributed by atoms with Crippen LogP contribution < -0.4 is 19.7 Å². The van der Waals surface area contributed by atoms with Crippen LogP contribution in [0.5, 0.6) is 11.5 Å². The second-order valence-electron chi connectivity index (χ2n) is 13.6. The first-order chi connectivity index (χ1) is 26.1. The summed E-state index contributed by atoms with van der Waals surface area (Å²) in [6.45, 7) is 3.75. The molecule has 0 bridgehead atoms. The number of anilines is 1. The van der Waals surface area contributed by atoms with Gasteiger partial charge in [0.1, 0.15) is 30.8 Å². The van der Waals surface area contributed by atoms with Crippen molar-refractivity contribution < 1.29 is 39.5 Å². The molecule has 1 saturated heterocycles. The molecule has 0 saturated carbocycles. The van der Waals surface area contributed by atoms with E-state index in [2.05, 4.69) is 60.3 Å². The number of likely N-dealkylation sites (tertiary alicyclic amines) is 1. The molecular formula is C40H44BrClN4O8. The molecule has 2 aliphatic heterocycles. The van der Waals surface area contributed by atoms with E-state index in [1.54, 1.807) is 24.5 Å². The molecule has 1 atom stereocenters. The number of nitrogens with zero attached hydrogens (tertiary/aromatic N) is 3. The third kappa shape index (κ3) is 9.34. The van der Waals surface area contributed by atoms with E-state index in [1.807, 2.05) is 24.3 Å². The minimum Gasteiger partial charge on any atom is -0.488 e. The van der Waals surface area contributed by atoms with Gasteiger partial charge in [-0.15, -0.1) is 0 Å². The number of aliphatic hydroxyl groups is 2. The zero-order valence-corrected chi connectivity index (χ0v) is 32.1. The molecule has 5 N–H and O–H groups in total. The lowest BCUT2D eigenvalue weighted by Crippen LogP contribution is -2.49. The first-order valence-electron chi connectivity index (χ1n) is 17.9. The summed E-state index contributed by atoms with van der Waals surface area (Å²) in [5, 5.41) is 41.6. The van der Waals surface area contributed by atoms with Gasteiger partial charge in [0, 0.05) is 78.0 Å². The Hall–Kier alpha value is -4.24. The van der Waals surface area contributed by atoms with E-state index >= 15 is 0 Å². The Morgan fingerprint density at radius 1 is 0.944 bits per heavy atom. The summed E-state index contributed by atoms with van der Waals surface area (Å²) in [5.41, 5.74) is 5.47. The Kier molecular flexibility index (Phi) is 13.1. The van der Waals surface area contributed by atoms with Crippen LogP contribution in [0, 0.1) is 0 Å². The maximum Gasteiger partial charge on any atom is 0.335 e. The van der Waals surface area contributed by atoms with Gasteiger partial charge in [-0.1, -0.05) is 48.0 Å². The number of halogens is 2. The van der Waals surface area contributed by atoms with Crippen molar-refractivity contribution in [2.75, 3.05) is 44.2 Å². The Labute approximate surface area is 327 Å². The zero-order chi connectivity index (χ0) is 38.2. The molecule has 4 aromatic rings. The summed E-state index contributed by atoms with van der Waals surface area (Å²) < 4.78 is 13.4. The topological polar surface area (TPSA) is 165 Å². The van der Waals surface area contributed by atoms with Crippen LogP contribution in [0.1, 0.15) is 41.5 Å². The highest BCUT2D eigenvalue weighted by Gasteiger charge is 2.39. The maximum atomic E-state index is 11.5. The number of ether oxygens (including phenoxy) is 2. The number of carboxylic acid groups (broad SMARTS) is 2. The molecule has 286 valence electrons. The Balaban J connectivity index is 1.13. The zero-order valence-electron chi connectivity index (χ0n) is 29.7. The number of aliphatic carboxylic acids is 2. The third-order valence-electron chi connectivity index (χ3n) is 10.1. The van der Waals surface area contributed by atoms with Crippen LogP contribution in [0.3, 0.4) is 0 Å². The van der Waals surface area contributed by atoms with Crippen LogP contribution in [-0.4, -0.2) is 93.2 Å². The average Bonchev–Trinajstić information content (AvgIpc) is 3.59. The van der Waals surface area contributed by atoms with Crippen molar-refractivity contribution in [3.8, 4) is 22.6 Å². The number of carbonyl (C=O) groups is 2. The van der Waals surface area contributed by atoms with Gasteiger partial charge in [-0.25, -0.2) is 4.79 Å². The van der Waals surface area contributed by atoms with Crippen LogP contribution in [0.2, 0.25) is 5.02 Å². The fraction of sp³-hybridized carbons (Fsp3) is 0.375. The first-order valence-corrected chi connectivity index (χ1v) is 19.1.